The fraction of sp³-hybridized carbons (Fsp3) is 0.435. The lowest BCUT2D eigenvalue weighted by atomic mass is 9.75. The van der Waals surface area contributed by atoms with E-state index in [1.165, 1.54) is 5.56 Å². The smallest absolute Gasteiger partial charge is 0.307 e. The quantitative estimate of drug-likeness (QED) is 0.581. The van der Waals surface area contributed by atoms with Gasteiger partial charge in [-0.15, -0.1) is 0 Å². The predicted molar refractivity (Wildman–Crippen MR) is 113 cm³/mol. The second kappa shape index (κ2) is 8.63. The van der Waals surface area contributed by atoms with Crippen LogP contribution in [0.5, 0.6) is 11.5 Å². The standard InChI is InChI=1S/C23H29N3O4/c1-4-30-18-10-9-15(11-19(18)29-3)17-12-16(23(27)28)20-21(25-26-22(20)24-17)14-7-5-13(2)6-8-14/h5-11,16-17,20-22,24-26H,4,12H2,1-3H3,(H,27,28). The summed E-state index contributed by atoms with van der Waals surface area (Å²) in [5, 5.41) is 13.6. The molecule has 2 aliphatic rings. The molecule has 4 rings (SSSR count). The van der Waals surface area contributed by atoms with E-state index in [0.717, 1.165) is 11.1 Å². The van der Waals surface area contributed by atoms with E-state index in [2.05, 4.69) is 40.4 Å². The highest BCUT2D eigenvalue weighted by Gasteiger charge is 2.49. The van der Waals surface area contributed by atoms with Crippen molar-refractivity contribution in [3.63, 3.8) is 0 Å². The number of hydrogen-bond donors (Lipinski definition) is 4. The Labute approximate surface area is 176 Å². The third kappa shape index (κ3) is 3.88. The highest BCUT2D eigenvalue weighted by molar-refractivity contribution is 5.71. The third-order valence-electron chi connectivity index (χ3n) is 6.14. The lowest BCUT2D eigenvalue weighted by molar-refractivity contribution is -0.146. The lowest BCUT2D eigenvalue weighted by Crippen LogP contribution is -2.53. The molecule has 2 aliphatic heterocycles. The number of hydrogen-bond acceptors (Lipinski definition) is 6. The zero-order chi connectivity index (χ0) is 21.3. The minimum absolute atomic E-state index is 0.0694. The first kappa shape index (κ1) is 20.7. The summed E-state index contributed by atoms with van der Waals surface area (Å²) < 4.78 is 11.1. The number of carboxylic acids is 1. The van der Waals surface area contributed by atoms with Crippen molar-refractivity contribution >= 4 is 5.97 Å². The number of aryl methyl sites for hydroxylation is 1. The van der Waals surface area contributed by atoms with Crippen molar-refractivity contribution < 1.29 is 19.4 Å². The van der Waals surface area contributed by atoms with Crippen molar-refractivity contribution in [3.8, 4) is 11.5 Å². The van der Waals surface area contributed by atoms with Crippen molar-refractivity contribution in [2.24, 2.45) is 11.8 Å². The van der Waals surface area contributed by atoms with Gasteiger partial charge in [0.2, 0.25) is 0 Å². The van der Waals surface area contributed by atoms with Gasteiger partial charge in [-0.05, 0) is 43.5 Å². The van der Waals surface area contributed by atoms with Crippen LogP contribution >= 0.6 is 0 Å². The summed E-state index contributed by atoms with van der Waals surface area (Å²) in [6.07, 6.45) is 0.341. The Balaban J connectivity index is 1.60. The van der Waals surface area contributed by atoms with Gasteiger partial charge in [0.15, 0.2) is 11.5 Å². The molecule has 160 valence electrons. The second-order valence-electron chi connectivity index (χ2n) is 7.98. The third-order valence-corrected chi connectivity index (χ3v) is 6.14. The van der Waals surface area contributed by atoms with Crippen LogP contribution in [0.15, 0.2) is 42.5 Å². The number of aliphatic carboxylic acids is 1. The molecule has 0 saturated carbocycles. The van der Waals surface area contributed by atoms with Gasteiger partial charge in [-0.2, -0.15) is 0 Å². The van der Waals surface area contributed by atoms with E-state index in [1.54, 1.807) is 7.11 Å². The minimum Gasteiger partial charge on any atom is -0.493 e. The molecule has 30 heavy (non-hydrogen) atoms. The normalized spacial score (nSPS) is 28.0. The number of rotatable bonds is 6. The molecule has 0 spiro atoms. The van der Waals surface area contributed by atoms with Gasteiger partial charge in [0.1, 0.15) is 0 Å². The van der Waals surface area contributed by atoms with E-state index >= 15 is 0 Å². The van der Waals surface area contributed by atoms with Crippen LogP contribution in [0.2, 0.25) is 0 Å². The van der Waals surface area contributed by atoms with Crippen LogP contribution in [0.3, 0.4) is 0 Å². The summed E-state index contributed by atoms with van der Waals surface area (Å²) in [5.74, 6) is -0.0248. The van der Waals surface area contributed by atoms with Gasteiger partial charge < -0.3 is 14.6 Å². The molecule has 2 heterocycles. The van der Waals surface area contributed by atoms with Crippen molar-refractivity contribution in [3.05, 3.63) is 59.2 Å². The van der Waals surface area contributed by atoms with Crippen LogP contribution in [-0.4, -0.2) is 31.0 Å². The topological polar surface area (TPSA) is 91.9 Å². The minimum atomic E-state index is -0.767. The first-order chi connectivity index (χ1) is 14.5. The van der Waals surface area contributed by atoms with Crippen molar-refractivity contribution in [2.45, 2.75) is 38.5 Å². The first-order valence-corrected chi connectivity index (χ1v) is 10.4. The van der Waals surface area contributed by atoms with Crippen LogP contribution in [0.1, 0.15) is 42.1 Å². The number of ether oxygens (including phenoxy) is 2. The Bertz CT molecular complexity index is 902. The molecule has 0 amide bonds. The SMILES string of the molecule is CCOc1ccc(C2CC(C(=O)O)C3C(NNC3c3ccc(C)cc3)N2)cc1OC. The molecule has 0 aromatic heterocycles. The van der Waals surface area contributed by atoms with Gasteiger partial charge in [-0.1, -0.05) is 35.9 Å². The van der Waals surface area contributed by atoms with E-state index in [1.807, 2.05) is 32.0 Å². The van der Waals surface area contributed by atoms with Crippen molar-refractivity contribution in [2.75, 3.05) is 13.7 Å². The molecule has 0 radical (unpaired) electrons. The molecule has 2 aromatic rings. The Kier molecular flexibility index (Phi) is 5.94. The Morgan fingerprint density at radius 2 is 1.83 bits per heavy atom. The number of piperidine rings is 1. The summed E-state index contributed by atoms with van der Waals surface area (Å²) >= 11 is 0. The van der Waals surface area contributed by atoms with Gasteiger partial charge in [-0.3, -0.25) is 10.1 Å². The summed E-state index contributed by atoms with van der Waals surface area (Å²) in [7, 11) is 1.61. The molecule has 7 nitrogen and oxygen atoms in total. The molecule has 4 N–H and O–H groups in total. The zero-order valence-corrected chi connectivity index (χ0v) is 17.5. The summed E-state index contributed by atoms with van der Waals surface area (Å²) in [5.41, 5.74) is 9.87. The highest BCUT2D eigenvalue weighted by atomic mass is 16.5. The average Bonchev–Trinajstić information content (AvgIpc) is 3.18. The van der Waals surface area contributed by atoms with E-state index in [-0.39, 0.29) is 24.2 Å². The first-order valence-electron chi connectivity index (χ1n) is 10.4. The largest absolute Gasteiger partial charge is 0.493 e. The van der Waals surface area contributed by atoms with Crippen LogP contribution in [0, 0.1) is 18.8 Å². The summed E-state index contributed by atoms with van der Waals surface area (Å²) in [4.78, 5) is 12.2. The number of hydrazine groups is 1. The van der Waals surface area contributed by atoms with Gasteiger partial charge >= 0.3 is 5.97 Å². The monoisotopic (exact) mass is 411 g/mol. The maximum atomic E-state index is 12.2. The van der Waals surface area contributed by atoms with Crippen molar-refractivity contribution in [1.82, 2.24) is 16.2 Å². The zero-order valence-electron chi connectivity index (χ0n) is 17.5. The molecule has 0 bridgehead atoms. The van der Waals surface area contributed by atoms with E-state index in [0.29, 0.717) is 24.5 Å². The number of methoxy groups -OCH3 is 1. The van der Waals surface area contributed by atoms with Gasteiger partial charge in [0.05, 0.1) is 31.8 Å². The van der Waals surface area contributed by atoms with Crippen LogP contribution < -0.4 is 25.6 Å². The predicted octanol–water partition coefficient (Wildman–Crippen LogP) is 2.93. The van der Waals surface area contributed by atoms with Gasteiger partial charge in [0.25, 0.3) is 0 Å². The van der Waals surface area contributed by atoms with Gasteiger partial charge in [-0.25, -0.2) is 10.9 Å². The van der Waals surface area contributed by atoms with Crippen LogP contribution in [0.25, 0.3) is 0 Å². The molecular formula is C23H29N3O4. The molecule has 2 fully saturated rings. The molecule has 5 unspecified atom stereocenters. The maximum absolute atomic E-state index is 12.2. The van der Waals surface area contributed by atoms with Crippen LogP contribution in [-0.2, 0) is 4.79 Å². The number of carbonyl (C=O) groups is 1. The van der Waals surface area contributed by atoms with E-state index < -0.39 is 11.9 Å². The Morgan fingerprint density at radius 1 is 1.10 bits per heavy atom. The second-order valence-corrected chi connectivity index (χ2v) is 7.98. The Morgan fingerprint density at radius 3 is 2.50 bits per heavy atom. The lowest BCUT2D eigenvalue weighted by Gasteiger charge is -2.39. The molecule has 0 aliphatic carbocycles. The maximum Gasteiger partial charge on any atom is 0.307 e. The fourth-order valence-corrected chi connectivity index (χ4v) is 4.63. The van der Waals surface area contributed by atoms with Crippen molar-refractivity contribution in [1.29, 1.82) is 0 Å². The summed E-state index contributed by atoms with van der Waals surface area (Å²) in [6.45, 7) is 4.53. The average molecular weight is 412 g/mol. The number of carboxylic acid groups (broad SMARTS) is 1. The molecule has 2 saturated heterocycles. The van der Waals surface area contributed by atoms with Crippen LogP contribution in [0.4, 0.5) is 0 Å². The molecule has 5 atom stereocenters. The number of fused-ring (bicyclic) bond motifs is 1. The van der Waals surface area contributed by atoms with Gasteiger partial charge in [0, 0.05) is 12.0 Å². The fourth-order valence-electron chi connectivity index (χ4n) is 4.63. The highest BCUT2D eigenvalue weighted by Crippen LogP contribution is 2.43. The van der Waals surface area contributed by atoms with E-state index in [4.69, 9.17) is 9.47 Å². The Hall–Kier alpha value is -2.61. The molecular weight excluding hydrogens is 382 g/mol. The number of benzene rings is 2. The molecule has 2 aromatic carbocycles. The number of nitrogens with one attached hydrogen (secondary N) is 3. The molecule has 7 heteroatoms. The van der Waals surface area contributed by atoms with E-state index in [9.17, 15) is 9.90 Å². The summed E-state index contributed by atoms with van der Waals surface area (Å²) in [6, 6.07) is 13.9.